The molecule has 1 aromatic carbocycles. The Kier molecular flexibility index (Phi) is 8.52. The molecule has 0 radical (unpaired) electrons. The monoisotopic (exact) mass is 450 g/mol. The quantitative estimate of drug-likeness (QED) is 0.503. The Hall–Kier alpha value is -3.22. The number of nitrogens with zero attached hydrogens (tertiary/aromatic N) is 4. The molecule has 1 heterocycles. The van der Waals surface area contributed by atoms with Crippen LogP contribution in [-0.4, -0.2) is 66.1 Å². The summed E-state index contributed by atoms with van der Waals surface area (Å²) in [7, 11) is 1.68. The molecular weight excluding hydrogens is 420 g/mol. The maximum atomic E-state index is 12.9. The van der Waals surface area contributed by atoms with Crippen LogP contribution in [0, 0.1) is 6.57 Å². The van der Waals surface area contributed by atoms with Crippen LogP contribution in [0.3, 0.4) is 0 Å². The number of alkyl halides is 2. The van der Waals surface area contributed by atoms with Crippen molar-refractivity contribution in [3.8, 4) is 5.75 Å². The number of alkyl carbamates (subject to hydrolysis) is 1. The van der Waals surface area contributed by atoms with E-state index in [1.807, 2.05) is 0 Å². The van der Waals surface area contributed by atoms with Crippen molar-refractivity contribution in [3.05, 3.63) is 35.2 Å². The molecular formula is C22H30F2N5O3+. The average molecular weight is 451 g/mol. The van der Waals surface area contributed by atoms with Crippen molar-refractivity contribution in [2.24, 2.45) is 5.10 Å². The summed E-state index contributed by atoms with van der Waals surface area (Å²) in [4.78, 5) is 16.8. The minimum absolute atomic E-state index is 0.259. The predicted molar refractivity (Wildman–Crippen MR) is 118 cm³/mol. The topological polar surface area (TPSA) is 70.5 Å². The Labute approximate surface area is 187 Å². The highest BCUT2D eigenvalue weighted by Gasteiger charge is 2.31. The van der Waals surface area contributed by atoms with Crippen molar-refractivity contribution >= 4 is 23.5 Å². The third kappa shape index (κ3) is 7.48. The van der Waals surface area contributed by atoms with Crippen molar-refractivity contribution in [2.75, 3.05) is 26.7 Å². The van der Waals surface area contributed by atoms with Crippen molar-refractivity contribution in [1.82, 2.24) is 10.2 Å². The number of carbonyl (C=O) groups excluding carboxylic acids is 1. The van der Waals surface area contributed by atoms with Crippen LogP contribution >= 0.6 is 0 Å². The van der Waals surface area contributed by atoms with Gasteiger partial charge in [0.1, 0.15) is 17.8 Å². The van der Waals surface area contributed by atoms with E-state index in [2.05, 4.69) is 15.3 Å². The number of halogens is 2. The lowest BCUT2D eigenvalue weighted by Crippen LogP contribution is -2.35. The third-order valence-electron chi connectivity index (χ3n) is 4.51. The first-order valence-corrected chi connectivity index (χ1v) is 10.4. The van der Waals surface area contributed by atoms with E-state index in [9.17, 15) is 13.6 Å². The predicted octanol–water partition coefficient (Wildman–Crippen LogP) is 4.03. The van der Waals surface area contributed by atoms with E-state index >= 15 is 0 Å². The third-order valence-corrected chi connectivity index (χ3v) is 4.51. The van der Waals surface area contributed by atoms with E-state index < -0.39 is 24.7 Å². The molecule has 1 aliphatic heterocycles. The van der Waals surface area contributed by atoms with Crippen molar-refractivity contribution in [3.63, 3.8) is 0 Å². The van der Waals surface area contributed by atoms with Gasteiger partial charge in [-0.2, -0.15) is 0 Å². The fourth-order valence-electron chi connectivity index (χ4n) is 3.03. The molecule has 1 N–H and O–H groups in total. The lowest BCUT2D eigenvalue weighted by atomic mass is 10.1. The zero-order chi connectivity index (χ0) is 23.9. The van der Waals surface area contributed by atoms with Crippen LogP contribution in [0.15, 0.2) is 23.3 Å². The van der Waals surface area contributed by atoms with Crippen LogP contribution < -0.4 is 10.1 Å². The molecule has 0 saturated heterocycles. The summed E-state index contributed by atoms with van der Waals surface area (Å²) in [5, 5.41) is 7.03. The Bertz CT molecular complexity index is 932. The molecule has 1 aliphatic rings. The Balaban J connectivity index is 2.09. The molecule has 0 aromatic heterocycles. The highest BCUT2D eigenvalue weighted by molar-refractivity contribution is 6.00. The zero-order valence-electron chi connectivity index (χ0n) is 19.1. The molecule has 0 unspecified atom stereocenters. The van der Waals surface area contributed by atoms with Crippen LogP contribution in [0.1, 0.15) is 39.7 Å². The highest BCUT2D eigenvalue weighted by atomic mass is 19.3. The van der Waals surface area contributed by atoms with Gasteiger partial charge in [0.25, 0.3) is 6.43 Å². The molecule has 0 atom stereocenters. The number of amidine groups is 1. The number of hydrogen-bond donors (Lipinski definition) is 1. The molecule has 8 nitrogen and oxygen atoms in total. The lowest BCUT2D eigenvalue weighted by molar-refractivity contribution is -0.506. The summed E-state index contributed by atoms with van der Waals surface area (Å²) in [6, 6.07) is 5.06. The molecule has 0 aliphatic carbocycles. The zero-order valence-corrected chi connectivity index (χ0v) is 19.1. The fourth-order valence-corrected chi connectivity index (χ4v) is 3.03. The van der Waals surface area contributed by atoms with Crippen LogP contribution in [0.4, 0.5) is 19.3 Å². The Morgan fingerprint density at radius 2 is 2.12 bits per heavy atom. The Morgan fingerprint density at radius 3 is 2.72 bits per heavy atom. The second-order valence-electron chi connectivity index (χ2n) is 8.22. The van der Waals surface area contributed by atoms with Gasteiger partial charge in [0, 0.05) is 18.2 Å². The minimum Gasteiger partial charge on any atom is -0.444 e. The molecule has 174 valence electrons. The van der Waals surface area contributed by atoms with Crippen LogP contribution in [-0.2, 0) is 11.2 Å². The summed E-state index contributed by atoms with van der Waals surface area (Å²) in [6.45, 7) is 14.7. The second kappa shape index (κ2) is 10.9. The number of benzene rings is 1. The second-order valence-corrected chi connectivity index (χ2v) is 8.22. The lowest BCUT2D eigenvalue weighted by Gasteiger charge is -2.20. The number of nitrogens with one attached hydrogen (secondary N) is 1. The van der Waals surface area contributed by atoms with Gasteiger partial charge in [-0.25, -0.2) is 18.4 Å². The molecule has 1 amide bonds. The summed E-state index contributed by atoms with van der Waals surface area (Å²) < 4.78 is 38.5. The highest BCUT2D eigenvalue weighted by Crippen LogP contribution is 2.27. The number of ether oxygens (including phenoxy) is 2. The van der Waals surface area contributed by atoms with E-state index in [0.29, 0.717) is 42.7 Å². The summed E-state index contributed by atoms with van der Waals surface area (Å²) in [6.07, 6.45) is -2.27. The maximum absolute atomic E-state index is 12.9. The molecule has 2 rings (SSSR count). The van der Waals surface area contributed by atoms with Crippen LogP contribution in [0.25, 0.3) is 4.85 Å². The van der Waals surface area contributed by atoms with E-state index in [4.69, 9.17) is 16.0 Å². The first-order chi connectivity index (χ1) is 15.0. The standard InChI is InChI=1S/C22H29F2N5O3/c1-7-29(14-18(23)24)19-13-20(28(6)27-19)31-17-12-16(25-5)9-8-15(17)10-11-26-21(30)32-22(2,3)4/h8-9,12,18H,7,10-11,13-14H2,1-4,6H3/p+1. The van der Waals surface area contributed by atoms with Gasteiger partial charge in [-0.15, -0.1) is 0 Å². The van der Waals surface area contributed by atoms with Crippen molar-refractivity contribution in [1.29, 1.82) is 0 Å². The number of carbonyl (C=O) groups is 1. The first kappa shape index (κ1) is 25.0. The van der Waals surface area contributed by atoms with Gasteiger partial charge in [0.05, 0.1) is 13.1 Å². The molecule has 0 bridgehead atoms. The van der Waals surface area contributed by atoms with Gasteiger partial charge >= 0.3 is 12.0 Å². The summed E-state index contributed by atoms with van der Waals surface area (Å²) in [5.74, 6) is 1.43. The van der Waals surface area contributed by atoms with E-state index in [-0.39, 0.29) is 6.42 Å². The summed E-state index contributed by atoms with van der Waals surface area (Å²) in [5.41, 5.74) is 0.593. The smallest absolute Gasteiger partial charge is 0.407 e. The average Bonchev–Trinajstić information content (AvgIpc) is 3.05. The minimum atomic E-state index is -2.47. The van der Waals surface area contributed by atoms with E-state index in [1.165, 1.54) is 9.58 Å². The van der Waals surface area contributed by atoms with E-state index in [0.717, 1.165) is 5.56 Å². The number of hydrazone groups is 1. The normalized spacial score (nSPS) is 13.7. The molecule has 0 spiro atoms. The van der Waals surface area contributed by atoms with E-state index in [1.54, 1.807) is 52.9 Å². The van der Waals surface area contributed by atoms with Gasteiger partial charge in [0.15, 0.2) is 18.6 Å². The SMILES string of the molecule is [C-]#[N+]c1ccc(CCNC(=O)OC(C)(C)C)c(OC2=[N+](C)N=C(N(CC)CC(F)F)C2)c1. The van der Waals surface area contributed by atoms with Gasteiger partial charge in [0.2, 0.25) is 0 Å². The van der Waals surface area contributed by atoms with Crippen molar-refractivity contribution < 1.29 is 27.7 Å². The first-order valence-electron chi connectivity index (χ1n) is 10.4. The molecule has 1 aromatic rings. The molecule has 0 saturated carbocycles. The van der Waals surface area contributed by atoms with Crippen LogP contribution in [0.2, 0.25) is 0 Å². The molecule has 0 fully saturated rings. The van der Waals surface area contributed by atoms with Crippen LogP contribution in [0.5, 0.6) is 5.75 Å². The number of amides is 1. The van der Waals surface area contributed by atoms with Crippen molar-refractivity contribution in [2.45, 2.75) is 52.6 Å². The molecule has 10 heteroatoms. The molecule has 32 heavy (non-hydrogen) atoms. The summed E-state index contributed by atoms with van der Waals surface area (Å²) >= 11 is 0. The Morgan fingerprint density at radius 1 is 1.41 bits per heavy atom. The maximum Gasteiger partial charge on any atom is 0.407 e. The number of rotatable bonds is 7. The fraction of sp³-hybridized carbons (Fsp3) is 0.545. The van der Waals surface area contributed by atoms with Gasteiger partial charge < -0.3 is 19.7 Å². The van der Waals surface area contributed by atoms with Gasteiger partial charge in [-0.3, -0.25) is 0 Å². The van der Waals surface area contributed by atoms with Gasteiger partial charge in [-0.05, 0) is 45.7 Å². The van der Waals surface area contributed by atoms with Gasteiger partial charge in [-0.1, -0.05) is 16.8 Å². The number of hydrogen-bond acceptors (Lipinski definition) is 5. The largest absolute Gasteiger partial charge is 0.444 e.